The summed E-state index contributed by atoms with van der Waals surface area (Å²) >= 11 is 5.81. The van der Waals surface area contributed by atoms with Crippen molar-refractivity contribution in [2.75, 3.05) is 17.7 Å². The van der Waals surface area contributed by atoms with Crippen molar-refractivity contribution in [1.29, 1.82) is 0 Å². The summed E-state index contributed by atoms with van der Waals surface area (Å²) in [6.07, 6.45) is 1.57. The number of alkyl halides is 3. The smallest absolute Gasteiger partial charge is 0.355 e. The number of rotatable bonds is 8. The molecule has 0 saturated heterocycles. The summed E-state index contributed by atoms with van der Waals surface area (Å²) in [5.41, 5.74) is 0.934. The van der Waals surface area contributed by atoms with E-state index in [4.69, 9.17) is 11.6 Å². The van der Waals surface area contributed by atoms with E-state index >= 15 is 0 Å². The zero-order chi connectivity index (χ0) is 25.5. The normalized spacial score (nSPS) is 12.2. The Morgan fingerprint density at radius 1 is 1.18 bits per heavy atom. The zero-order valence-corrected chi connectivity index (χ0v) is 19.6. The predicted molar refractivity (Wildman–Crippen MR) is 128 cm³/mol. The summed E-state index contributed by atoms with van der Waals surface area (Å²) in [5, 5.41) is 8.04. The van der Waals surface area contributed by atoms with E-state index in [0.29, 0.717) is 5.70 Å². The summed E-state index contributed by atoms with van der Waals surface area (Å²) in [4.78, 5) is 29.0. The van der Waals surface area contributed by atoms with Crippen LogP contribution in [0.25, 0.3) is 0 Å². The maximum atomic E-state index is 13.1. The summed E-state index contributed by atoms with van der Waals surface area (Å²) in [5.74, 6) is -0.811. The van der Waals surface area contributed by atoms with E-state index in [1.165, 1.54) is 25.4 Å². The average Bonchev–Trinajstić information content (AvgIpc) is 2.77. The number of carbonyl (C=O) groups is 2. The third-order valence-electron chi connectivity index (χ3n) is 4.62. The molecule has 0 aliphatic rings. The first kappa shape index (κ1) is 26.7. The van der Waals surface area contributed by atoms with Crippen molar-refractivity contribution in [3.8, 4) is 0 Å². The van der Waals surface area contributed by atoms with Crippen molar-refractivity contribution in [3.63, 3.8) is 0 Å². The zero-order valence-electron chi connectivity index (χ0n) is 18.8. The SMILES string of the molecule is C=C/C(C)=C(\C=C/C)Nc1ncc(C(=O)NC)cc1NC(=O)Cc1cc(Cl)cc(C(F)(F)F)c1. The maximum Gasteiger partial charge on any atom is 0.416 e. The van der Waals surface area contributed by atoms with Crippen LogP contribution in [0.1, 0.15) is 35.3 Å². The number of amides is 2. The van der Waals surface area contributed by atoms with Gasteiger partial charge in [-0.3, -0.25) is 9.59 Å². The number of anilines is 2. The highest BCUT2D eigenvalue weighted by Crippen LogP contribution is 2.32. The van der Waals surface area contributed by atoms with Gasteiger partial charge >= 0.3 is 6.18 Å². The van der Waals surface area contributed by atoms with Crippen molar-refractivity contribution in [1.82, 2.24) is 10.3 Å². The second-order valence-corrected chi connectivity index (χ2v) is 7.63. The van der Waals surface area contributed by atoms with Crippen molar-refractivity contribution in [2.45, 2.75) is 26.4 Å². The molecule has 2 rings (SSSR count). The van der Waals surface area contributed by atoms with E-state index in [9.17, 15) is 22.8 Å². The molecule has 1 aromatic heterocycles. The molecular formula is C24H24ClF3N4O2. The molecule has 0 unspecified atom stereocenters. The first-order chi connectivity index (χ1) is 16.0. The molecule has 0 fully saturated rings. The van der Waals surface area contributed by atoms with Gasteiger partial charge in [-0.25, -0.2) is 4.98 Å². The number of nitrogens with zero attached hydrogens (tertiary/aromatic N) is 1. The molecule has 0 atom stereocenters. The Balaban J connectivity index is 2.40. The van der Waals surface area contributed by atoms with Gasteiger partial charge < -0.3 is 16.0 Å². The van der Waals surface area contributed by atoms with Gasteiger partial charge in [-0.2, -0.15) is 13.2 Å². The maximum absolute atomic E-state index is 13.1. The molecule has 0 aliphatic heterocycles. The number of benzene rings is 1. The van der Waals surface area contributed by atoms with Gasteiger partial charge in [-0.05, 0) is 55.3 Å². The predicted octanol–water partition coefficient (Wildman–Crippen LogP) is 5.74. The highest BCUT2D eigenvalue weighted by molar-refractivity contribution is 6.30. The van der Waals surface area contributed by atoms with Gasteiger partial charge in [-0.15, -0.1) is 0 Å². The van der Waals surface area contributed by atoms with Gasteiger partial charge in [0.05, 0.1) is 23.2 Å². The Bertz CT molecular complexity index is 1160. The first-order valence-electron chi connectivity index (χ1n) is 10.1. The standard InChI is InChI=1S/C24H24ClF3N4O2/c1-5-7-19(14(3)6-2)32-22-20(11-16(13-30-22)23(34)29-4)31-21(33)10-15-8-17(24(26,27)28)12-18(25)9-15/h5-9,11-13H,2,10H2,1,3-4H3,(H,29,34)(H,30,32)(H,31,33)/b7-5-,19-14+. The lowest BCUT2D eigenvalue weighted by Crippen LogP contribution is -2.20. The topological polar surface area (TPSA) is 83.1 Å². The fourth-order valence-electron chi connectivity index (χ4n) is 2.90. The van der Waals surface area contributed by atoms with Gasteiger partial charge in [0.1, 0.15) is 0 Å². The molecule has 0 spiro atoms. The Morgan fingerprint density at radius 3 is 2.47 bits per heavy atom. The van der Waals surface area contributed by atoms with Crippen LogP contribution in [0.2, 0.25) is 5.02 Å². The van der Waals surface area contributed by atoms with E-state index in [0.717, 1.165) is 17.7 Å². The third-order valence-corrected chi connectivity index (χ3v) is 4.84. The van der Waals surface area contributed by atoms with Crippen LogP contribution in [0.15, 0.2) is 66.5 Å². The molecular weight excluding hydrogens is 469 g/mol. The summed E-state index contributed by atoms with van der Waals surface area (Å²) < 4.78 is 39.3. The lowest BCUT2D eigenvalue weighted by molar-refractivity contribution is -0.137. The number of aromatic nitrogens is 1. The summed E-state index contributed by atoms with van der Waals surface area (Å²) in [6.45, 7) is 7.38. The van der Waals surface area contributed by atoms with Crippen LogP contribution in [0, 0.1) is 0 Å². The van der Waals surface area contributed by atoms with Crippen LogP contribution >= 0.6 is 11.6 Å². The molecule has 10 heteroatoms. The van der Waals surface area contributed by atoms with Crippen LogP contribution in [0.3, 0.4) is 0 Å². The Morgan fingerprint density at radius 2 is 1.88 bits per heavy atom. The number of hydrogen-bond acceptors (Lipinski definition) is 4. The molecule has 1 aromatic carbocycles. The van der Waals surface area contributed by atoms with Crippen molar-refractivity contribution >= 4 is 34.9 Å². The molecule has 2 amide bonds. The molecule has 6 nitrogen and oxygen atoms in total. The second-order valence-electron chi connectivity index (χ2n) is 7.20. The van der Waals surface area contributed by atoms with Gasteiger partial charge in [0.2, 0.25) is 5.91 Å². The van der Waals surface area contributed by atoms with Crippen LogP contribution in [0.5, 0.6) is 0 Å². The van der Waals surface area contributed by atoms with Crippen molar-refractivity contribution in [3.05, 3.63) is 88.3 Å². The van der Waals surface area contributed by atoms with Crippen LogP contribution < -0.4 is 16.0 Å². The average molecular weight is 493 g/mol. The minimum atomic E-state index is -4.60. The summed E-state index contributed by atoms with van der Waals surface area (Å²) in [6, 6.07) is 4.36. The van der Waals surface area contributed by atoms with Crippen molar-refractivity contribution < 1.29 is 22.8 Å². The number of nitrogens with one attached hydrogen (secondary N) is 3. The molecule has 0 saturated carbocycles. The Kier molecular flexibility index (Phi) is 9.03. The molecule has 0 bridgehead atoms. The largest absolute Gasteiger partial charge is 0.416 e. The molecule has 180 valence electrons. The highest BCUT2D eigenvalue weighted by atomic mass is 35.5. The third kappa shape index (κ3) is 7.21. The monoisotopic (exact) mass is 492 g/mol. The molecule has 2 aromatic rings. The second kappa shape index (κ2) is 11.5. The molecule has 0 radical (unpaired) electrons. The lowest BCUT2D eigenvalue weighted by atomic mass is 10.1. The van der Waals surface area contributed by atoms with E-state index in [1.54, 1.807) is 18.2 Å². The number of carbonyl (C=O) groups excluding carboxylic acids is 2. The van der Waals surface area contributed by atoms with Gasteiger partial charge in [0.15, 0.2) is 5.82 Å². The van der Waals surface area contributed by atoms with Crippen molar-refractivity contribution in [2.24, 2.45) is 0 Å². The fourth-order valence-corrected chi connectivity index (χ4v) is 3.16. The van der Waals surface area contributed by atoms with E-state index in [-0.39, 0.29) is 34.1 Å². The molecule has 34 heavy (non-hydrogen) atoms. The van der Waals surface area contributed by atoms with Gasteiger partial charge in [0, 0.05) is 24.0 Å². The fraction of sp³-hybridized carbons (Fsp3) is 0.208. The number of hydrogen-bond donors (Lipinski definition) is 3. The van der Waals surface area contributed by atoms with Crippen LogP contribution in [0.4, 0.5) is 24.7 Å². The van der Waals surface area contributed by atoms with Crippen LogP contribution in [-0.2, 0) is 17.4 Å². The highest BCUT2D eigenvalue weighted by Gasteiger charge is 2.31. The number of allylic oxidation sites excluding steroid dienone is 4. The number of pyridine rings is 1. The molecule has 0 aliphatic carbocycles. The Hall–Kier alpha value is -3.59. The van der Waals surface area contributed by atoms with E-state index in [2.05, 4.69) is 27.5 Å². The quantitative estimate of drug-likeness (QED) is 0.410. The number of halogens is 4. The van der Waals surface area contributed by atoms with E-state index in [1.807, 2.05) is 13.8 Å². The molecule has 3 N–H and O–H groups in total. The summed E-state index contributed by atoms with van der Waals surface area (Å²) in [7, 11) is 1.45. The van der Waals surface area contributed by atoms with Gasteiger partial charge in [0.25, 0.3) is 5.91 Å². The van der Waals surface area contributed by atoms with Crippen LogP contribution in [-0.4, -0.2) is 23.8 Å². The first-order valence-corrected chi connectivity index (χ1v) is 10.5. The van der Waals surface area contributed by atoms with Gasteiger partial charge in [-0.1, -0.05) is 30.3 Å². The lowest BCUT2D eigenvalue weighted by Gasteiger charge is -2.16. The molecule has 1 heterocycles. The Labute approximate surface area is 200 Å². The minimum absolute atomic E-state index is 0.0826. The minimum Gasteiger partial charge on any atom is -0.355 e. The van der Waals surface area contributed by atoms with E-state index < -0.39 is 23.6 Å².